The summed E-state index contributed by atoms with van der Waals surface area (Å²) in [4.78, 5) is 31.4. The second kappa shape index (κ2) is 10.1. The minimum Gasteiger partial charge on any atom is -0.463 e. The minimum absolute atomic E-state index is 0.163. The summed E-state index contributed by atoms with van der Waals surface area (Å²) in [5, 5.41) is 0.838. The number of hydrogen-bond donors (Lipinski definition) is 0. The lowest BCUT2D eigenvalue weighted by Crippen LogP contribution is -2.39. The Morgan fingerprint density at radius 3 is 2.62 bits per heavy atom. The molecule has 4 aromatic rings. The summed E-state index contributed by atoms with van der Waals surface area (Å²) >= 11 is 13.3. The van der Waals surface area contributed by atoms with Gasteiger partial charge >= 0.3 is 5.97 Å². The summed E-state index contributed by atoms with van der Waals surface area (Å²) in [5.41, 5.74) is 1.60. The lowest BCUT2D eigenvalue weighted by molar-refractivity contribution is -0.139. The van der Waals surface area contributed by atoms with Gasteiger partial charge in [-0.15, -0.1) is 0 Å². The van der Waals surface area contributed by atoms with Crippen LogP contribution in [0.4, 0.5) is 4.39 Å². The highest BCUT2D eigenvalue weighted by atomic mass is 35.5. The number of carbonyl (C=O) groups excluding carboxylic acids is 1. The van der Waals surface area contributed by atoms with E-state index in [1.807, 2.05) is 0 Å². The van der Waals surface area contributed by atoms with E-state index in [0.29, 0.717) is 42.2 Å². The van der Waals surface area contributed by atoms with Gasteiger partial charge < -0.3 is 9.15 Å². The number of aromatic nitrogens is 1. The second-order valence-corrected chi connectivity index (χ2v) is 10.0. The van der Waals surface area contributed by atoms with Crippen molar-refractivity contribution in [3.05, 3.63) is 113 Å². The Morgan fingerprint density at radius 1 is 1.16 bits per heavy atom. The van der Waals surface area contributed by atoms with Crippen LogP contribution >= 0.6 is 34.5 Å². The van der Waals surface area contributed by atoms with Crippen LogP contribution in [0.25, 0.3) is 17.4 Å². The summed E-state index contributed by atoms with van der Waals surface area (Å²) in [6.07, 6.45) is 1.62. The molecule has 0 radical (unpaired) electrons. The standard InChI is InChI=1S/C27H19Cl2FN2O4S/c1-3-35-26(34)23-14(2)31-27-32(24(23)15-4-7-17(30)8-5-15)25(33)22(37-27)13-18-9-11-21(36-18)16-6-10-19(28)20(29)12-16/h4-13,24H,3H2,1-2H3/b22-13-. The number of halogens is 3. The molecule has 10 heteroatoms. The van der Waals surface area contributed by atoms with E-state index in [1.54, 1.807) is 62.4 Å². The average molecular weight is 557 g/mol. The summed E-state index contributed by atoms with van der Waals surface area (Å²) < 4.78 is 26.7. The number of fused-ring (bicyclic) bond motifs is 1. The molecule has 0 spiro atoms. The van der Waals surface area contributed by atoms with Gasteiger partial charge in [0.1, 0.15) is 17.3 Å². The fourth-order valence-electron chi connectivity index (χ4n) is 4.12. The molecule has 0 aliphatic carbocycles. The number of nitrogens with zero attached hydrogens (tertiary/aromatic N) is 2. The third kappa shape index (κ3) is 4.80. The zero-order chi connectivity index (χ0) is 26.3. The molecule has 0 saturated heterocycles. The monoisotopic (exact) mass is 556 g/mol. The van der Waals surface area contributed by atoms with Crippen LogP contribution in [0.3, 0.4) is 0 Å². The molecular formula is C27H19Cl2FN2O4S. The number of thiazole rings is 1. The van der Waals surface area contributed by atoms with Gasteiger partial charge in [-0.05, 0) is 61.9 Å². The van der Waals surface area contributed by atoms with E-state index in [9.17, 15) is 14.0 Å². The van der Waals surface area contributed by atoms with Crippen LogP contribution in [-0.2, 0) is 9.53 Å². The first-order valence-corrected chi connectivity index (χ1v) is 12.8. The molecule has 0 bridgehead atoms. The van der Waals surface area contributed by atoms with E-state index >= 15 is 0 Å². The van der Waals surface area contributed by atoms with Crippen LogP contribution in [0.1, 0.15) is 31.2 Å². The molecule has 0 N–H and O–H groups in total. The molecule has 2 aromatic carbocycles. The molecule has 0 fully saturated rings. The molecule has 1 aliphatic rings. The first kappa shape index (κ1) is 25.2. The molecule has 37 heavy (non-hydrogen) atoms. The maximum atomic E-state index is 13.7. The van der Waals surface area contributed by atoms with Crippen molar-refractivity contribution in [2.45, 2.75) is 19.9 Å². The third-order valence-electron chi connectivity index (χ3n) is 5.81. The number of hydrogen-bond acceptors (Lipinski definition) is 6. The molecule has 0 saturated carbocycles. The number of esters is 1. The Labute approximate surface area is 224 Å². The predicted octanol–water partition coefficient (Wildman–Crippen LogP) is 5.50. The third-order valence-corrected chi connectivity index (χ3v) is 7.53. The van der Waals surface area contributed by atoms with Gasteiger partial charge in [0, 0.05) is 11.6 Å². The van der Waals surface area contributed by atoms with E-state index in [-0.39, 0.29) is 17.7 Å². The molecule has 1 atom stereocenters. The van der Waals surface area contributed by atoms with Crippen molar-refractivity contribution in [1.29, 1.82) is 0 Å². The average Bonchev–Trinajstić information content (AvgIpc) is 3.45. The topological polar surface area (TPSA) is 73.8 Å². The fraction of sp³-hybridized carbons (Fsp3) is 0.148. The normalized spacial score (nSPS) is 15.5. The largest absolute Gasteiger partial charge is 0.463 e. The number of rotatable bonds is 5. The minimum atomic E-state index is -0.818. The Bertz CT molecular complexity index is 1730. The van der Waals surface area contributed by atoms with E-state index in [1.165, 1.54) is 28.0 Å². The molecule has 1 unspecified atom stereocenters. The van der Waals surface area contributed by atoms with E-state index in [2.05, 4.69) is 4.99 Å². The highest BCUT2D eigenvalue weighted by molar-refractivity contribution is 7.07. The lowest BCUT2D eigenvalue weighted by Gasteiger charge is -2.24. The number of benzene rings is 2. The van der Waals surface area contributed by atoms with Gasteiger partial charge in [0.25, 0.3) is 5.56 Å². The van der Waals surface area contributed by atoms with Crippen molar-refractivity contribution in [1.82, 2.24) is 4.57 Å². The molecule has 6 nitrogen and oxygen atoms in total. The van der Waals surface area contributed by atoms with Crippen LogP contribution in [-0.4, -0.2) is 17.1 Å². The Morgan fingerprint density at radius 2 is 1.92 bits per heavy atom. The molecule has 2 aromatic heterocycles. The van der Waals surface area contributed by atoms with E-state index in [0.717, 1.165) is 5.56 Å². The van der Waals surface area contributed by atoms with Crippen LogP contribution < -0.4 is 14.9 Å². The molecular weight excluding hydrogens is 538 g/mol. The number of allylic oxidation sites excluding steroid dienone is 1. The van der Waals surface area contributed by atoms with Gasteiger partial charge in [-0.3, -0.25) is 9.36 Å². The Balaban J connectivity index is 1.62. The summed E-state index contributed by atoms with van der Waals surface area (Å²) in [5.74, 6) is 0.00280. The molecule has 3 heterocycles. The smallest absolute Gasteiger partial charge is 0.338 e. The highest BCUT2D eigenvalue weighted by Gasteiger charge is 2.33. The number of furan rings is 1. The second-order valence-electron chi connectivity index (χ2n) is 8.18. The Kier molecular flexibility index (Phi) is 6.90. The van der Waals surface area contributed by atoms with Gasteiger partial charge in [-0.2, -0.15) is 0 Å². The summed E-state index contributed by atoms with van der Waals surface area (Å²) in [6, 6.07) is 13.5. The maximum Gasteiger partial charge on any atom is 0.338 e. The van der Waals surface area contributed by atoms with E-state index < -0.39 is 17.8 Å². The van der Waals surface area contributed by atoms with Crippen molar-refractivity contribution >= 4 is 46.6 Å². The highest BCUT2D eigenvalue weighted by Crippen LogP contribution is 2.31. The van der Waals surface area contributed by atoms with Crippen LogP contribution in [0.2, 0.25) is 10.0 Å². The van der Waals surface area contributed by atoms with Gasteiger partial charge in [-0.1, -0.05) is 46.7 Å². The van der Waals surface area contributed by atoms with Crippen LogP contribution in [0.5, 0.6) is 0 Å². The predicted molar refractivity (Wildman–Crippen MR) is 141 cm³/mol. The summed E-state index contributed by atoms with van der Waals surface area (Å²) in [6.45, 7) is 3.55. The van der Waals surface area contributed by atoms with Crippen molar-refractivity contribution in [2.24, 2.45) is 4.99 Å². The van der Waals surface area contributed by atoms with Crippen molar-refractivity contribution < 1.29 is 18.3 Å². The SMILES string of the molecule is CCOC(=O)C1=C(C)N=c2s/c(=C\c3ccc(-c4ccc(Cl)c(Cl)c4)o3)c(=O)n2C1c1ccc(F)cc1. The van der Waals surface area contributed by atoms with Gasteiger partial charge in [-0.25, -0.2) is 14.2 Å². The van der Waals surface area contributed by atoms with Crippen molar-refractivity contribution in [3.63, 3.8) is 0 Å². The molecule has 0 amide bonds. The Hall–Kier alpha value is -3.46. The first-order valence-electron chi connectivity index (χ1n) is 11.3. The first-order chi connectivity index (χ1) is 17.8. The zero-order valence-electron chi connectivity index (χ0n) is 19.6. The van der Waals surface area contributed by atoms with Gasteiger partial charge in [0.05, 0.1) is 38.5 Å². The molecule has 5 rings (SSSR count). The van der Waals surface area contributed by atoms with Gasteiger partial charge in [0.2, 0.25) is 0 Å². The zero-order valence-corrected chi connectivity index (χ0v) is 22.0. The quantitative estimate of drug-likeness (QED) is 0.304. The van der Waals surface area contributed by atoms with Gasteiger partial charge in [0.15, 0.2) is 4.80 Å². The van der Waals surface area contributed by atoms with Crippen LogP contribution in [0, 0.1) is 5.82 Å². The number of carbonyl (C=O) groups is 1. The lowest BCUT2D eigenvalue weighted by atomic mass is 9.96. The van der Waals surface area contributed by atoms with Crippen molar-refractivity contribution in [3.8, 4) is 11.3 Å². The van der Waals surface area contributed by atoms with E-state index in [4.69, 9.17) is 32.4 Å². The maximum absolute atomic E-state index is 13.7. The fourth-order valence-corrected chi connectivity index (χ4v) is 5.44. The number of ether oxygens (including phenoxy) is 1. The molecule has 1 aliphatic heterocycles. The van der Waals surface area contributed by atoms with Crippen LogP contribution in [0.15, 0.2) is 80.1 Å². The van der Waals surface area contributed by atoms with Crippen molar-refractivity contribution in [2.75, 3.05) is 6.61 Å². The molecule has 188 valence electrons. The summed E-state index contributed by atoms with van der Waals surface area (Å²) in [7, 11) is 0.